The van der Waals surface area contributed by atoms with Gasteiger partial charge in [0.1, 0.15) is 11.2 Å². The second-order valence-electron chi connectivity index (χ2n) is 22.5. The third-order valence-electron chi connectivity index (χ3n) is 17.8. The summed E-state index contributed by atoms with van der Waals surface area (Å²) < 4.78 is 17.6. The number of hydrogen-bond donors (Lipinski definition) is 0. The van der Waals surface area contributed by atoms with E-state index in [1.807, 2.05) is 48.7 Å². The second kappa shape index (κ2) is 17.9. The summed E-state index contributed by atoms with van der Waals surface area (Å²) in [6.07, 6.45) is 1.98. The third-order valence-corrected chi connectivity index (χ3v) is 17.8. The van der Waals surface area contributed by atoms with E-state index < -0.39 is 0 Å². The summed E-state index contributed by atoms with van der Waals surface area (Å²) in [5, 5.41) is 13.1. The molecule has 19 aromatic rings. The van der Waals surface area contributed by atoms with Gasteiger partial charge in [-0.3, -0.25) is 4.98 Å². The van der Waals surface area contributed by atoms with Crippen LogP contribution in [0.1, 0.15) is 0 Å². The van der Waals surface area contributed by atoms with E-state index >= 15 is 0 Å². The van der Waals surface area contributed by atoms with Crippen molar-refractivity contribution in [2.24, 2.45) is 0 Å². The van der Waals surface area contributed by atoms with Crippen LogP contribution in [0.3, 0.4) is 0 Å². The molecule has 0 saturated heterocycles. The van der Waals surface area contributed by atoms with Crippen molar-refractivity contribution in [2.75, 3.05) is 0 Å². The Bertz CT molecular complexity index is 6090. The fourth-order valence-electron chi connectivity index (χ4n) is 13.8. The number of nitrogens with zero attached hydrogens (tertiary/aromatic N) is 6. The van der Waals surface area contributed by atoms with E-state index in [4.69, 9.17) is 28.8 Å². The van der Waals surface area contributed by atoms with E-state index in [0.29, 0.717) is 11.4 Å². The minimum Gasteiger partial charge on any atom is -0.438 e. The maximum absolute atomic E-state index is 6.49. The van der Waals surface area contributed by atoms with Gasteiger partial charge in [-0.1, -0.05) is 182 Å². The molecule has 0 amide bonds. The SMILES string of the molecule is c1ccc2c(-c3ccc(-c4ccc5ccc6cc(-c7ccc(-n8c9ccccc9c9cc(-c%10ccc%11c%12ccccc%12n(-c%12c%13ccccc%13nc%13oc%14ccccc%14c%12%13)c%11c%10)ccc98)cc7)cnc6c5n4)cc3)c3c(nc2c1)oc1ccccc13. The van der Waals surface area contributed by atoms with Crippen LogP contribution in [0.25, 0.3) is 187 Å². The molecule has 0 radical (unpaired) electrons. The smallest absolute Gasteiger partial charge is 0.230 e. The number of benzene rings is 11. The van der Waals surface area contributed by atoms with Crippen molar-refractivity contribution in [1.82, 2.24) is 29.1 Å². The van der Waals surface area contributed by atoms with Gasteiger partial charge in [0, 0.05) is 82.4 Å². The fourth-order valence-corrected chi connectivity index (χ4v) is 13.8. The van der Waals surface area contributed by atoms with Crippen molar-refractivity contribution < 1.29 is 8.83 Å². The van der Waals surface area contributed by atoms with Crippen molar-refractivity contribution in [3.05, 3.63) is 267 Å². The highest BCUT2D eigenvalue weighted by Gasteiger charge is 2.24. The molecule has 8 aromatic heterocycles. The predicted molar refractivity (Wildman–Crippen MR) is 353 cm³/mol. The van der Waals surface area contributed by atoms with Gasteiger partial charge in [-0.2, -0.15) is 0 Å². The molecule has 8 heteroatoms. The topological polar surface area (TPSA) is 87.7 Å². The Labute approximate surface area is 489 Å². The first-order chi connectivity index (χ1) is 42.6. The lowest BCUT2D eigenvalue weighted by Gasteiger charge is -2.14. The van der Waals surface area contributed by atoms with Crippen LogP contribution in [-0.2, 0) is 0 Å². The van der Waals surface area contributed by atoms with Crippen LogP contribution in [0.4, 0.5) is 0 Å². The number of para-hydroxylation sites is 6. The zero-order chi connectivity index (χ0) is 56.1. The minimum atomic E-state index is 0.632. The fraction of sp³-hybridized carbons (Fsp3) is 0. The molecule has 8 heterocycles. The number of hydrogen-bond acceptors (Lipinski definition) is 6. The molecule has 0 N–H and O–H groups in total. The van der Waals surface area contributed by atoms with Crippen molar-refractivity contribution in [3.63, 3.8) is 0 Å². The third kappa shape index (κ3) is 6.86. The van der Waals surface area contributed by atoms with Crippen LogP contribution in [0.15, 0.2) is 276 Å². The van der Waals surface area contributed by atoms with Crippen LogP contribution in [0.2, 0.25) is 0 Å². The number of aromatic nitrogens is 6. The van der Waals surface area contributed by atoms with Gasteiger partial charge < -0.3 is 18.0 Å². The molecule has 0 fully saturated rings. The Balaban J connectivity index is 0.665. The Morgan fingerprint density at radius 1 is 0.302 bits per heavy atom. The quantitative estimate of drug-likeness (QED) is 0.154. The predicted octanol–water partition coefficient (Wildman–Crippen LogP) is 20.5. The molecular formula is C78H44N6O2. The molecule has 0 spiro atoms. The molecule has 398 valence electrons. The lowest BCUT2D eigenvalue weighted by atomic mass is 9.95. The summed E-state index contributed by atoms with van der Waals surface area (Å²) >= 11 is 0. The summed E-state index contributed by atoms with van der Waals surface area (Å²) in [6, 6.07) is 92.8. The van der Waals surface area contributed by atoms with Crippen molar-refractivity contribution >= 4 is 131 Å². The molecule has 0 aliphatic rings. The summed E-state index contributed by atoms with van der Waals surface area (Å²) in [7, 11) is 0. The normalized spacial score (nSPS) is 12.2. The number of fused-ring (bicyclic) bond motifs is 17. The second-order valence-corrected chi connectivity index (χ2v) is 22.5. The van der Waals surface area contributed by atoms with E-state index in [-0.39, 0.29) is 0 Å². The van der Waals surface area contributed by atoms with Gasteiger partial charge in [-0.25, -0.2) is 15.0 Å². The average molecular weight is 1100 g/mol. The standard InChI is InChI=1S/C78H44N6O2/c1-7-19-63-57(15-1)71(72-59-17-5-11-23-69(59)85-77(72)81-63)47-27-25-46(26-28-47)62-39-34-48-29-30-51-41-52(44-79-74(51)75(48)80-62)45-31-36-53(37-32-45)83-65-21-9-4-14-55(65)61-42-49(35-40-67(61)83)50-33-38-56-54-13-3-10-22-66(54)84(68(56)43-50)76-58-16-2-8-20-64(58)82-78-73(76)60-18-6-12-24-70(60)86-78/h1-44H. The van der Waals surface area contributed by atoms with Crippen LogP contribution >= 0.6 is 0 Å². The van der Waals surface area contributed by atoms with Gasteiger partial charge in [0.15, 0.2) is 0 Å². The zero-order valence-electron chi connectivity index (χ0n) is 45.9. The Morgan fingerprint density at radius 2 is 0.837 bits per heavy atom. The number of furan rings is 2. The molecular weight excluding hydrogens is 1050 g/mol. The van der Waals surface area contributed by atoms with Crippen molar-refractivity contribution in [3.8, 4) is 56.0 Å². The molecule has 0 aliphatic carbocycles. The maximum Gasteiger partial charge on any atom is 0.230 e. The molecule has 19 rings (SSSR count). The first-order valence-corrected chi connectivity index (χ1v) is 29.0. The summed E-state index contributed by atoms with van der Waals surface area (Å²) in [6.45, 7) is 0. The molecule has 8 nitrogen and oxygen atoms in total. The van der Waals surface area contributed by atoms with E-state index in [2.05, 4.69) is 228 Å². The van der Waals surface area contributed by atoms with Gasteiger partial charge in [0.05, 0.1) is 66.3 Å². The molecule has 0 atom stereocenters. The van der Waals surface area contributed by atoms with Gasteiger partial charge in [0.2, 0.25) is 11.4 Å². The lowest BCUT2D eigenvalue weighted by Crippen LogP contribution is -1.98. The Kier molecular flexibility index (Phi) is 9.74. The van der Waals surface area contributed by atoms with E-state index in [9.17, 15) is 0 Å². The number of pyridine rings is 4. The van der Waals surface area contributed by atoms with Crippen LogP contribution < -0.4 is 0 Å². The van der Waals surface area contributed by atoms with Gasteiger partial charge in [0.25, 0.3) is 0 Å². The minimum absolute atomic E-state index is 0.632. The highest BCUT2D eigenvalue weighted by atomic mass is 16.3. The molecule has 0 unspecified atom stereocenters. The van der Waals surface area contributed by atoms with Crippen LogP contribution in [0, 0.1) is 0 Å². The summed E-state index contributed by atoms with van der Waals surface area (Å²) in [5.41, 5.74) is 21.7. The average Bonchev–Trinajstić information content (AvgIpc) is 1.87. The van der Waals surface area contributed by atoms with Crippen LogP contribution in [0.5, 0.6) is 0 Å². The Hall–Kier alpha value is -11.7. The van der Waals surface area contributed by atoms with E-state index in [1.54, 1.807) is 0 Å². The lowest BCUT2D eigenvalue weighted by molar-refractivity contribution is 0.655. The monoisotopic (exact) mass is 1100 g/mol. The van der Waals surface area contributed by atoms with E-state index in [0.717, 1.165) is 154 Å². The molecule has 0 bridgehead atoms. The largest absolute Gasteiger partial charge is 0.438 e. The maximum atomic E-state index is 6.49. The zero-order valence-corrected chi connectivity index (χ0v) is 45.9. The van der Waals surface area contributed by atoms with Gasteiger partial charge in [-0.15, -0.1) is 0 Å². The first-order valence-electron chi connectivity index (χ1n) is 29.0. The molecule has 0 aliphatic heterocycles. The van der Waals surface area contributed by atoms with Gasteiger partial charge in [-0.05, 0) is 101 Å². The first kappa shape index (κ1) is 46.8. The number of rotatable bonds is 6. The van der Waals surface area contributed by atoms with Crippen molar-refractivity contribution in [2.45, 2.75) is 0 Å². The van der Waals surface area contributed by atoms with Crippen LogP contribution in [-0.4, -0.2) is 29.1 Å². The highest BCUT2D eigenvalue weighted by Crippen LogP contribution is 2.45. The van der Waals surface area contributed by atoms with Gasteiger partial charge >= 0.3 is 0 Å². The Morgan fingerprint density at radius 3 is 1.60 bits per heavy atom. The molecule has 0 saturated carbocycles. The summed E-state index contributed by atoms with van der Waals surface area (Å²) in [5.74, 6) is 0. The summed E-state index contributed by atoms with van der Waals surface area (Å²) in [4.78, 5) is 20.4. The molecule has 11 aromatic carbocycles. The van der Waals surface area contributed by atoms with Crippen molar-refractivity contribution in [1.29, 1.82) is 0 Å². The van der Waals surface area contributed by atoms with E-state index in [1.165, 1.54) is 21.5 Å². The molecule has 86 heavy (non-hydrogen) atoms. The highest BCUT2D eigenvalue weighted by molar-refractivity contribution is 6.21.